The van der Waals surface area contributed by atoms with Gasteiger partial charge < -0.3 is 4.84 Å². The number of benzene rings is 2. The zero-order valence-corrected chi connectivity index (χ0v) is 13.6. The van der Waals surface area contributed by atoms with Gasteiger partial charge in [0.25, 0.3) is 0 Å². The van der Waals surface area contributed by atoms with Crippen molar-refractivity contribution in [1.29, 1.82) is 0 Å². The second kappa shape index (κ2) is 6.32. The molecule has 0 fully saturated rings. The zero-order valence-electron chi connectivity index (χ0n) is 13.6. The number of nitrogens with zero attached hydrogens (tertiary/aromatic N) is 1. The van der Waals surface area contributed by atoms with Gasteiger partial charge in [-0.2, -0.15) is 0 Å². The number of rotatable bonds is 3. The summed E-state index contributed by atoms with van der Waals surface area (Å²) in [6.45, 7) is 2.09. The molecular formula is C22H19NO. The number of hydrogen-bond acceptors (Lipinski definition) is 2. The fraction of sp³-hybridized carbons (Fsp3) is 0.136. The van der Waals surface area contributed by atoms with Gasteiger partial charge in [-0.25, -0.2) is 0 Å². The fourth-order valence-corrected chi connectivity index (χ4v) is 3.14. The molecule has 2 nitrogen and oxygen atoms in total. The van der Waals surface area contributed by atoms with Crippen molar-refractivity contribution in [2.45, 2.75) is 13.0 Å². The van der Waals surface area contributed by atoms with Gasteiger partial charge in [0.05, 0.1) is 11.6 Å². The van der Waals surface area contributed by atoms with Crippen LogP contribution in [-0.4, -0.2) is 11.8 Å². The van der Waals surface area contributed by atoms with Crippen molar-refractivity contribution >= 4 is 11.8 Å². The average molecular weight is 313 g/mol. The van der Waals surface area contributed by atoms with Gasteiger partial charge in [0, 0.05) is 5.56 Å². The molecule has 2 aromatic rings. The molecule has 2 heteroatoms. The van der Waals surface area contributed by atoms with E-state index in [2.05, 4.69) is 78.9 Å². The second-order valence-electron chi connectivity index (χ2n) is 6.19. The van der Waals surface area contributed by atoms with Crippen LogP contribution in [0.4, 0.5) is 0 Å². The summed E-state index contributed by atoms with van der Waals surface area (Å²) < 4.78 is 0. The van der Waals surface area contributed by atoms with Crippen LogP contribution in [0.15, 0.2) is 89.6 Å². The van der Waals surface area contributed by atoms with Gasteiger partial charge >= 0.3 is 0 Å². The number of fused-ring (bicyclic) bond motifs is 1. The molecule has 0 aromatic heterocycles. The molecule has 0 unspecified atom stereocenters. The molecule has 118 valence electrons. The van der Waals surface area contributed by atoms with Crippen molar-refractivity contribution in [1.82, 2.24) is 0 Å². The molecule has 1 aliphatic heterocycles. The first kappa shape index (κ1) is 14.7. The van der Waals surface area contributed by atoms with Crippen LogP contribution in [0.3, 0.4) is 0 Å². The van der Waals surface area contributed by atoms with Crippen LogP contribution in [0.25, 0.3) is 6.08 Å². The Bertz CT molecular complexity index is 841. The van der Waals surface area contributed by atoms with E-state index in [0.717, 1.165) is 11.3 Å². The third kappa shape index (κ3) is 2.83. The lowest BCUT2D eigenvalue weighted by Crippen LogP contribution is -2.19. The minimum atomic E-state index is 0.0256. The number of oxime groups is 1. The molecule has 24 heavy (non-hydrogen) atoms. The van der Waals surface area contributed by atoms with E-state index in [1.54, 1.807) is 0 Å². The molecule has 0 N–H and O–H groups in total. The molecule has 1 heterocycles. The van der Waals surface area contributed by atoms with E-state index in [-0.39, 0.29) is 12.0 Å². The first-order valence-electron chi connectivity index (χ1n) is 8.23. The van der Waals surface area contributed by atoms with Crippen LogP contribution in [0.1, 0.15) is 16.7 Å². The Hall–Kier alpha value is -2.87. The van der Waals surface area contributed by atoms with Crippen molar-refractivity contribution in [3.05, 3.63) is 101 Å². The number of hydrogen-bond donors (Lipinski definition) is 0. The van der Waals surface area contributed by atoms with Crippen LogP contribution >= 0.6 is 0 Å². The highest BCUT2D eigenvalue weighted by molar-refractivity contribution is 6.05. The Balaban J connectivity index is 1.58. The Morgan fingerprint density at radius 3 is 2.58 bits per heavy atom. The molecule has 0 spiro atoms. The highest BCUT2D eigenvalue weighted by atomic mass is 16.6. The molecule has 1 aliphatic carbocycles. The SMILES string of the molecule is Cc1ccc(C2=NO[C@@H]3C=C/C(=C/C=C/c4ccccc4)[C@H]23)cc1. The Morgan fingerprint density at radius 2 is 1.79 bits per heavy atom. The highest BCUT2D eigenvalue weighted by Gasteiger charge is 2.38. The molecule has 0 amide bonds. The monoisotopic (exact) mass is 313 g/mol. The van der Waals surface area contributed by atoms with Gasteiger partial charge in [-0.1, -0.05) is 89.6 Å². The van der Waals surface area contributed by atoms with E-state index in [0.29, 0.717) is 0 Å². The summed E-state index contributed by atoms with van der Waals surface area (Å²) in [5.41, 5.74) is 5.84. The van der Waals surface area contributed by atoms with E-state index in [4.69, 9.17) is 4.84 Å². The third-order valence-electron chi connectivity index (χ3n) is 4.46. The van der Waals surface area contributed by atoms with Crippen LogP contribution < -0.4 is 0 Å². The smallest absolute Gasteiger partial charge is 0.158 e. The maximum atomic E-state index is 5.61. The topological polar surface area (TPSA) is 21.6 Å². The standard InChI is InChI=1S/C22H19NO/c1-16-10-12-19(13-11-16)22-21-18(14-15-20(21)24-23-22)9-5-8-17-6-3-2-4-7-17/h2-15,20-21H,1H3/b8-5+,18-9-/t20-,21+/m1/s1. The lowest BCUT2D eigenvalue weighted by molar-refractivity contribution is 0.109. The number of allylic oxidation sites excluding steroid dienone is 3. The third-order valence-corrected chi connectivity index (χ3v) is 4.46. The summed E-state index contributed by atoms with van der Waals surface area (Å²) in [5.74, 6) is 0.188. The van der Waals surface area contributed by atoms with Gasteiger partial charge in [0.2, 0.25) is 0 Å². The Morgan fingerprint density at radius 1 is 1.00 bits per heavy atom. The molecule has 4 rings (SSSR count). The quantitative estimate of drug-likeness (QED) is 0.788. The molecule has 2 aromatic carbocycles. The lowest BCUT2D eigenvalue weighted by atomic mass is 9.89. The maximum absolute atomic E-state index is 5.61. The van der Waals surface area contributed by atoms with Crippen molar-refractivity contribution < 1.29 is 4.84 Å². The summed E-state index contributed by atoms with van der Waals surface area (Å²) in [7, 11) is 0. The number of aryl methyl sites for hydroxylation is 1. The van der Waals surface area contributed by atoms with Crippen LogP contribution in [0.2, 0.25) is 0 Å². The van der Waals surface area contributed by atoms with Crippen LogP contribution in [-0.2, 0) is 4.84 Å². The largest absolute Gasteiger partial charge is 0.387 e. The minimum absolute atomic E-state index is 0.0256. The van der Waals surface area contributed by atoms with Crippen LogP contribution in [0.5, 0.6) is 0 Å². The predicted octanol–water partition coefficient (Wildman–Crippen LogP) is 4.92. The van der Waals surface area contributed by atoms with Crippen molar-refractivity contribution in [3.8, 4) is 0 Å². The van der Waals surface area contributed by atoms with E-state index in [1.807, 2.05) is 18.2 Å². The van der Waals surface area contributed by atoms with Crippen molar-refractivity contribution in [3.63, 3.8) is 0 Å². The summed E-state index contributed by atoms with van der Waals surface area (Å²) in [5, 5.41) is 4.34. The summed E-state index contributed by atoms with van der Waals surface area (Å²) >= 11 is 0. The predicted molar refractivity (Wildman–Crippen MR) is 98.8 cm³/mol. The van der Waals surface area contributed by atoms with Crippen molar-refractivity contribution in [2.75, 3.05) is 0 Å². The highest BCUT2D eigenvalue weighted by Crippen LogP contribution is 2.35. The van der Waals surface area contributed by atoms with Gasteiger partial charge in [-0.3, -0.25) is 0 Å². The Kier molecular flexibility index (Phi) is 3.87. The van der Waals surface area contributed by atoms with Crippen molar-refractivity contribution in [2.24, 2.45) is 11.1 Å². The minimum Gasteiger partial charge on any atom is -0.387 e. The summed E-state index contributed by atoms with van der Waals surface area (Å²) in [6.07, 6.45) is 10.6. The van der Waals surface area contributed by atoms with E-state index < -0.39 is 0 Å². The average Bonchev–Trinajstić information content (AvgIpc) is 3.20. The summed E-state index contributed by atoms with van der Waals surface area (Å²) in [6, 6.07) is 18.8. The molecule has 0 radical (unpaired) electrons. The molecular weight excluding hydrogens is 294 g/mol. The van der Waals surface area contributed by atoms with Crippen LogP contribution in [0, 0.1) is 12.8 Å². The summed E-state index contributed by atoms with van der Waals surface area (Å²) in [4.78, 5) is 5.61. The fourth-order valence-electron chi connectivity index (χ4n) is 3.14. The molecule has 0 saturated heterocycles. The Labute approximate surface area is 142 Å². The lowest BCUT2D eigenvalue weighted by Gasteiger charge is -2.12. The van der Waals surface area contributed by atoms with Gasteiger partial charge in [0.1, 0.15) is 0 Å². The second-order valence-corrected chi connectivity index (χ2v) is 6.19. The molecule has 2 atom stereocenters. The van der Waals surface area contributed by atoms with Gasteiger partial charge in [-0.15, -0.1) is 0 Å². The molecule has 2 aliphatic rings. The first-order valence-corrected chi connectivity index (χ1v) is 8.23. The van der Waals surface area contributed by atoms with E-state index in [9.17, 15) is 0 Å². The molecule has 0 saturated carbocycles. The zero-order chi connectivity index (χ0) is 16.4. The first-order chi connectivity index (χ1) is 11.8. The molecule has 0 bridgehead atoms. The normalized spacial score (nSPS) is 23.5. The van der Waals surface area contributed by atoms with Gasteiger partial charge in [0.15, 0.2) is 6.10 Å². The van der Waals surface area contributed by atoms with E-state index >= 15 is 0 Å². The van der Waals surface area contributed by atoms with E-state index in [1.165, 1.54) is 16.7 Å². The van der Waals surface area contributed by atoms with Gasteiger partial charge in [-0.05, 0) is 24.1 Å². The maximum Gasteiger partial charge on any atom is 0.158 e.